The van der Waals surface area contributed by atoms with Crippen molar-refractivity contribution >= 4 is 49.2 Å². The van der Waals surface area contributed by atoms with Crippen LogP contribution in [0.1, 0.15) is 15.9 Å². The molecule has 0 spiro atoms. The molecule has 9 nitrogen and oxygen atoms in total. The number of esters is 1. The van der Waals surface area contributed by atoms with E-state index in [9.17, 15) is 13.2 Å². The molecule has 0 aliphatic carbocycles. The van der Waals surface area contributed by atoms with Gasteiger partial charge in [-0.05, 0) is 51.3 Å². The van der Waals surface area contributed by atoms with Crippen LogP contribution in [0.3, 0.4) is 0 Å². The van der Waals surface area contributed by atoms with Crippen molar-refractivity contribution in [2.45, 2.75) is 11.5 Å². The van der Waals surface area contributed by atoms with Gasteiger partial charge in [-0.15, -0.1) is 0 Å². The monoisotopic (exact) mass is 568 g/mol. The van der Waals surface area contributed by atoms with E-state index in [0.29, 0.717) is 22.6 Å². The molecular weight excluding hydrogens is 552 g/mol. The number of benzene rings is 2. The molecule has 4 rings (SSSR count). The molecule has 1 aliphatic heterocycles. The predicted octanol–water partition coefficient (Wildman–Crippen LogP) is 4.66. The number of carbonyl (C=O) groups is 1. The van der Waals surface area contributed by atoms with E-state index in [1.165, 1.54) is 39.7 Å². The van der Waals surface area contributed by atoms with Gasteiger partial charge in [0.15, 0.2) is 11.5 Å². The van der Waals surface area contributed by atoms with E-state index in [-0.39, 0.29) is 43.7 Å². The van der Waals surface area contributed by atoms with Gasteiger partial charge in [-0.2, -0.15) is 0 Å². The zero-order chi connectivity index (χ0) is 24.6. The second kappa shape index (κ2) is 9.32. The molecule has 2 heterocycles. The minimum atomic E-state index is -4.28. The molecule has 0 radical (unpaired) electrons. The number of aromatic nitrogens is 1. The summed E-state index contributed by atoms with van der Waals surface area (Å²) in [5.41, 5.74) is 1.74. The fourth-order valence-corrected chi connectivity index (χ4v) is 5.82. The van der Waals surface area contributed by atoms with Gasteiger partial charge in [0.05, 0.1) is 42.1 Å². The summed E-state index contributed by atoms with van der Waals surface area (Å²) in [7, 11) is -0.117. The maximum atomic E-state index is 13.4. The van der Waals surface area contributed by atoms with Crippen molar-refractivity contribution in [2.75, 3.05) is 26.1 Å². The Hall–Kier alpha value is -3.02. The number of sulfonamides is 1. The van der Waals surface area contributed by atoms with Crippen LogP contribution in [0.25, 0.3) is 11.1 Å². The molecule has 1 N–H and O–H groups in total. The number of hydrogen-bond acceptors (Lipinski definition) is 8. The standard InChI is InChI=1S/C22H18BrClN2O7S/c1-30-19-8-14-11-5-16(24)21(32-3)17(6-11)26-34(28,29)18-7-12(4-15(23)20(18)31-2)22(27)33-10-13(14)9-25-19/h4-9,26H,10H2,1-3H3. The molecule has 0 saturated carbocycles. The number of fused-ring (bicyclic) bond motifs is 6. The Morgan fingerprint density at radius 3 is 2.44 bits per heavy atom. The SMILES string of the molecule is COc1cc2c(cn1)COC(=O)c1cc(Br)c(OC)c(c1)S(=O)(=O)Nc1cc-2cc(Cl)c1OC. The van der Waals surface area contributed by atoms with E-state index >= 15 is 0 Å². The Morgan fingerprint density at radius 1 is 1.03 bits per heavy atom. The van der Waals surface area contributed by atoms with Crippen molar-refractivity contribution in [1.82, 2.24) is 4.98 Å². The maximum Gasteiger partial charge on any atom is 0.338 e. The first-order valence-electron chi connectivity index (χ1n) is 9.66. The number of methoxy groups -OCH3 is 3. The van der Waals surface area contributed by atoms with Crippen LogP contribution in [0.15, 0.2) is 45.9 Å². The van der Waals surface area contributed by atoms with Crippen molar-refractivity contribution in [1.29, 1.82) is 0 Å². The first-order valence-corrected chi connectivity index (χ1v) is 12.3. The summed E-state index contributed by atoms with van der Waals surface area (Å²) in [5.74, 6) is -0.294. The lowest BCUT2D eigenvalue weighted by Gasteiger charge is -2.17. The number of carbonyl (C=O) groups excluding carboxylic acids is 1. The number of halogens is 2. The predicted molar refractivity (Wildman–Crippen MR) is 128 cm³/mol. The lowest BCUT2D eigenvalue weighted by Crippen LogP contribution is -2.16. The molecule has 0 saturated heterocycles. The van der Waals surface area contributed by atoms with E-state index in [0.717, 1.165) is 0 Å². The van der Waals surface area contributed by atoms with Crippen molar-refractivity contribution < 1.29 is 32.2 Å². The number of rotatable bonds is 3. The van der Waals surface area contributed by atoms with E-state index in [1.807, 2.05) is 0 Å². The fraction of sp³-hybridized carbons (Fsp3) is 0.182. The van der Waals surface area contributed by atoms with Gasteiger partial charge in [0.25, 0.3) is 10.0 Å². The summed E-state index contributed by atoms with van der Waals surface area (Å²) < 4.78 is 51.0. The summed E-state index contributed by atoms with van der Waals surface area (Å²) in [6, 6.07) is 7.40. The van der Waals surface area contributed by atoms with E-state index in [4.69, 9.17) is 30.5 Å². The van der Waals surface area contributed by atoms with Gasteiger partial charge in [-0.3, -0.25) is 4.72 Å². The van der Waals surface area contributed by atoms with Gasteiger partial charge in [0, 0.05) is 17.8 Å². The molecule has 0 unspecified atom stereocenters. The fourth-order valence-electron chi connectivity index (χ4n) is 3.50. The molecular formula is C22H18BrClN2O7S. The van der Waals surface area contributed by atoms with Gasteiger partial charge in [-0.25, -0.2) is 18.2 Å². The van der Waals surface area contributed by atoms with Crippen LogP contribution in [-0.4, -0.2) is 40.7 Å². The Kier molecular flexibility index (Phi) is 6.61. The highest BCUT2D eigenvalue weighted by atomic mass is 79.9. The second-order valence-electron chi connectivity index (χ2n) is 7.09. The summed E-state index contributed by atoms with van der Waals surface area (Å²) in [5, 5.41) is 0.160. The zero-order valence-corrected chi connectivity index (χ0v) is 21.3. The normalized spacial score (nSPS) is 14.3. The molecule has 178 valence electrons. The molecule has 0 amide bonds. The van der Waals surface area contributed by atoms with Crippen LogP contribution < -0.4 is 18.9 Å². The van der Waals surface area contributed by atoms with Crippen molar-refractivity contribution in [3.05, 3.63) is 57.2 Å². The smallest absolute Gasteiger partial charge is 0.338 e. The highest BCUT2D eigenvalue weighted by Gasteiger charge is 2.28. The average molecular weight is 570 g/mol. The molecule has 34 heavy (non-hydrogen) atoms. The molecule has 1 aromatic heterocycles. The van der Waals surface area contributed by atoms with Gasteiger partial charge >= 0.3 is 5.97 Å². The number of pyridine rings is 1. The number of nitrogens with zero attached hydrogens (tertiary/aromatic N) is 1. The molecule has 3 aromatic rings. The quantitative estimate of drug-likeness (QED) is 0.453. The second-order valence-corrected chi connectivity index (χ2v) is 10.0. The lowest BCUT2D eigenvalue weighted by atomic mass is 10.0. The van der Waals surface area contributed by atoms with Crippen LogP contribution in [0, 0.1) is 0 Å². The number of anilines is 1. The lowest BCUT2D eigenvalue weighted by molar-refractivity contribution is 0.0472. The van der Waals surface area contributed by atoms with Crippen molar-refractivity contribution in [3.63, 3.8) is 0 Å². The van der Waals surface area contributed by atoms with Gasteiger partial charge < -0.3 is 18.9 Å². The van der Waals surface area contributed by atoms with Crippen LogP contribution in [0.4, 0.5) is 5.69 Å². The van der Waals surface area contributed by atoms with Crippen molar-refractivity contribution in [2.24, 2.45) is 0 Å². The maximum absolute atomic E-state index is 13.4. The molecule has 12 heteroatoms. The molecule has 1 aliphatic rings. The highest BCUT2D eigenvalue weighted by molar-refractivity contribution is 9.10. The first-order chi connectivity index (χ1) is 16.2. The third-order valence-corrected chi connectivity index (χ3v) is 7.31. The number of nitrogens with one attached hydrogen (secondary N) is 1. The molecule has 2 aromatic carbocycles. The van der Waals surface area contributed by atoms with Gasteiger partial charge in [0.1, 0.15) is 11.5 Å². The Labute approximate surface area is 209 Å². The summed E-state index contributed by atoms with van der Waals surface area (Å²) in [6.07, 6.45) is 1.51. The minimum Gasteiger partial charge on any atom is -0.494 e. The molecule has 0 atom stereocenters. The number of hydrogen-bond donors (Lipinski definition) is 1. The average Bonchev–Trinajstić information content (AvgIpc) is 2.81. The van der Waals surface area contributed by atoms with E-state index in [1.54, 1.807) is 18.2 Å². The van der Waals surface area contributed by atoms with Gasteiger partial charge in [0.2, 0.25) is 5.88 Å². The van der Waals surface area contributed by atoms with Gasteiger partial charge in [-0.1, -0.05) is 11.6 Å². The third kappa shape index (κ3) is 4.38. The zero-order valence-electron chi connectivity index (χ0n) is 18.1. The Bertz CT molecular complexity index is 1410. The van der Waals surface area contributed by atoms with E-state index in [2.05, 4.69) is 25.6 Å². The summed E-state index contributed by atoms with van der Waals surface area (Å²) in [6.45, 7) is -0.136. The largest absolute Gasteiger partial charge is 0.494 e. The summed E-state index contributed by atoms with van der Waals surface area (Å²) >= 11 is 9.73. The van der Waals surface area contributed by atoms with E-state index < -0.39 is 16.0 Å². The van der Waals surface area contributed by atoms with Crippen LogP contribution in [-0.2, 0) is 21.4 Å². The molecule has 4 bridgehead atoms. The van der Waals surface area contributed by atoms with Crippen LogP contribution in [0.5, 0.6) is 17.4 Å². The molecule has 0 fully saturated rings. The number of ether oxygens (including phenoxy) is 4. The van der Waals surface area contributed by atoms with Crippen LogP contribution >= 0.6 is 27.5 Å². The first kappa shape index (κ1) is 24.1. The summed E-state index contributed by atoms with van der Waals surface area (Å²) in [4.78, 5) is 16.8. The topological polar surface area (TPSA) is 113 Å². The Balaban J connectivity index is 2.04. The minimum absolute atomic E-state index is 0.00650. The highest BCUT2D eigenvalue weighted by Crippen LogP contribution is 2.42. The Morgan fingerprint density at radius 2 is 1.76 bits per heavy atom. The van der Waals surface area contributed by atoms with Crippen molar-refractivity contribution in [3.8, 4) is 28.5 Å². The number of cyclic esters (lactones) is 1. The third-order valence-electron chi connectivity index (χ3n) is 5.07. The van der Waals surface area contributed by atoms with Crippen LogP contribution in [0.2, 0.25) is 5.02 Å².